The van der Waals surface area contributed by atoms with Crippen LogP contribution in [0.1, 0.15) is 17.3 Å². The van der Waals surface area contributed by atoms with Gasteiger partial charge in [0.2, 0.25) is 0 Å². The second-order valence-corrected chi connectivity index (χ2v) is 8.18. The van der Waals surface area contributed by atoms with Gasteiger partial charge in [0.1, 0.15) is 5.82 Å². The van der Waals surface area contributed by atoms with Gasteiger partial charge >= 0.3 is 0 Å². The first-order chi connectivity index (χ1) is 13.9. The summed E-state index contributed by atoms with van der Waals surface area (Å²) in [5.41, 5.74) is 1.61. The smallest absolute Gasteiger partial charge is 0.264 e. The number of nitrogens with one attached hydrogen (secondary N) is 1. The molecule has 0 heterocycles. The number of rotatable bonds is 8. The van der Waals surface area contributed by atoms with E-state index in [1.807, 2.05) is 6.07 Å². The number of carbonyl (C=O) groups is 1. The van der Waals surface area contributed by atoms with Gasteiger partial charge in [-0.1, -0.05) is 18.2 Å². The fourth-order valence-corrected chi connectivity index (χ4v) is 4.35. The molecule has 0 spiro atoms. The number of hydrogen-bond acceptors (Lipinski definition) is 4. The molecular formula is C22H21FN2O3S. The molecule has 5 nitrogen and oxygen atoms in total. The molecule has 0 unspecified atom stereocenters. The molecule has 0 radical (unpaired) electrons. The normalized spacial score (nSPS) is 11.1. The lowest BCUT2D eigenvalue weighted by Gasteiger charge is -2.23. The lowest BCUT2D eigenvalue weighted by molar-refractivity contribution is 0.101. The molecule has 3 aromatic carbocycles. The molecule has 0 bridgehead atoms. The van der Waals surface area contributed by atoms with Crippen molar-refractivity contribution >= 4 is 27.2 Å². The van der Waals surface area contributed by atoms with Crippen LogP contribution in [-0.4, -0.2) is 27.3 Å². The number of hydrogen-bond donors (Lipinski definition) is 1. The molecule has 0 saturated heterocycles. The molecule has 3 rings (SSSR count). The Morgan fingerprint density at radius 1 is 0.931 bits per heavy atom. The summed E-state index contributed by atoms with van der Waals surface area (Å²) in [7, 11) is -3.70. The Balaban J connectivity index is 1.70. The summed E-state index contributed by atoms with van der Waals surface area (Å²) >= 11 is 0. The fourth-order valence-electron chi connectivity index (χ4n) is 2.88. The van der Waals surface area contributed by atoms with Crippen LogP contribution in [0, 0.1) is 5.82 Å². The summed E-state index contributed by atoms with van der Waals surface area (Å²) < 4.78 is 40.2. The zero-order valence-corrected chi connectivity index (χ0v) is 16.7. The van der Waals surface area contributed by atoms with Gasteiger partial charge in [0, 0.05) is 17.8 Å². The molecular weight excluding hydrogens is 391 g/mol. The highest BCUT2D eigenvalue weighted by Crippen LogP contribution is 2.24. The van der Waals surface area contributed by atoms with E-state index in [2.05, 4.69) is 5.32 Å². The summed E-state index contributed by atoms with van der Waals surface area (Å²) in [4.78, 5) is 12.3. The minimum Gasteiger partial charge on any atom is -0.378 e. The molecule has 0 aliphatic carbocycles. The molecule has 0 aliphatic heterocycles. The van der Waals surface area contributed by atoms with E-state index in [1.165, 1.54) is 40.7 Å². The van der Waals surface area contributed by atoms with Gasteiger partial charge in [-0.15, -0.1) is 0 Å². The molecule has 1 N–H and O–H groups in total. The van der Waals surface area contributed by atoms with Gasteiger partial charge in [-0.25, -0.2) is 12.8 Å². The first-order valence-electron chi connectivity index (χ1n) is 9.12. The lowest BCUT2D eigenvalue weighted by Crippen LogP contribution is -2.30. The Labute approximate surface area is 169 Å². The summed E-state index contributed by atoms with van der Waals surface area (Å²) in [6.45, 7) is 2.10. The highest BCUT2D eigenvalue weighted by molar-refractivity contribution is 7.92. The third-order valence-electron chi connectivity index (χ3n) is 4.39. The van der Waals surface area contributed by atoms with Gasteiger partial charge in [0.15, 0.2) is 5.78 Å². The summed E-state index contributed by atoms with van der Waals surface area (Å²) in [6.07, 6.45) is 0. The Morgan fingerprint density at radius 2 is 1.55 bits per heavy atom. The minimum atomic E-state index is -3.70. The topological polar surface area (TPSA) is 66.5 Å². The number of halogens is 1. The van der Waals surface area contributed by atoms with Crippen LogP contribution in [-0.2, 0) is 10.0 Å². The molecule has 150 valence electrons. The van der Waals surface area contributed by atoms with Gasteiger partial charge < -0.3 is 5.32 Å². The largest absolute Gasteiger partial charge is 0.378 e. The highest BCUT2D eigenvalue weighted by atomic mass is 32.2. The maximum absolute atomic E-state index is 13.0. The number of ketones is 1. The van der Waals surface area contributed by atoms with E-state index in [-0.39, 0.29) is 17.2 Å². The van der Waals surface area contributed by atoms with E-state index in [4.69, 9.17) is 0 Å². The average Bonchev–Trinajstić information content (AvgIpc) is 2.74. The molecule has 0 atom stereocenters. The predicted octanol–water partition coefficient (Wildman–Crippen LogP) is 4.34. The molecule has 7 heteroatoms. The van der Waals surface area contributed by atoms with Gasteiger partial charge in [-0.3, -0.25) is 9.10 Å². The summed E-state index contributed by atoms with van der Waals surface area (Å²) in [5.74, 6) is -0.592. The zero-order valence-electron chi connectivity index (χ0n) is 15.9. The monoisotopic (exact) mass is 412 g/mol. The molecule has 3 aromatic rings. The van der Waals surface area contributed by atoms with Gasteiger partial charge in [-0.2, -0.15) is 0 Å². The first-order valence-corrected chi connectivity index (χ1v) is 10.6. The van der Waals surface area contributed by atoms with E-state index in [9.17, 15) is 17.6 Å². The van der Waals surface area contributed by atoms with E-state index >= 15 is 0 Å². The second-order valence-electron chi connectivity index (χ2n) is 6.31. The average molecular weight is 412 g/mol. The Hall–Kier alpha value is -3.19. The van der Waals surface area contributed by atoms with E-state index in [0.29, 0.717) is 23.5 Å². The van der Waals surface area contributed by atoms with Crippen molar-refractivity contribution in [2.75, 3.05) is 22.7 Å². The van der Waals surface area contributed by atoms with Crippen molar-refractivity contribution in [3.63, 3.8) is 0 Å². The van der Waals surface area contributed by atoms with Gasteiger partial charge in [0.05, 0.1) is 17.1 Å². The number of nitrogens with zero attached hydrogens (tertiary/aromatic N) is 1. The van der Waals surface area contributed by atoms with Crippen LogP contribution >= 0.6 is 0 Å². The fraction of sp³-hybridized carbons (Fsp3) is 0.136. The quantitative estimate of drug-likeness (QED) is 0.559. The Kier molecular flexibility index (Phi) is 6.29. The summed E-state index contributed by atoms with van der Waals surface area (Å²) in [6, 6.07) is 20.5. The van der Waals surface area contributed by atoms with Crippen molar-refractivity contribution in [1.82, 2.24) is 0 Å². The molecule has 0 fully saturated rings. The highest BCUT2D eigenvalue weighted by Gasteiger charge is 2.23. The Morgan fingerprint density at radius 3 is 2.14 bits per heavy atom. The van der Waals surface area contributed by atoms with Gasteiger partial charge in [-0.05, 0) is 67.6 Å². The van der Waals surface area contributed by atoms with Crippen molar-refractivity contribution in [3.05, 3.63) is 90.2 Å². The van der Waals surface area contributed by atoms with Crippen LogP contribution in [0.2, 0.25) is 0 Å². The van der Waals surface area contributed by atoms with Crippen LogP contribution in [0.25, 0.3) is 0 Å². The van der Waals surface area contributed by atoms with Crippen LogP contribution in [0.3, 0.4) is 0 Å². The lowest BCUT2D eigenvalue weighted by atomic mass is 10.1. The molecule has 0 aromatic heterocycles. The maximum atomic E-state index is 13.0. The summed E-state index contributed by atoms with van der Waals surface area (Å²) in [5, 5.41) is 2.96. The number of Topliss-reactive ketones (excluding diaryl/α,β-unsaturated/α-hetero) is 1. The molecule has 0 amide bonds. The third-order valence-corrected chi connectivity index (χ3v) is 6.31. The predicted molar refractivity (Wildman–Crippen MR) is 112 cm³/mol. The number of anilines is 2. The SMILES string of the molecule is CCN(c1ccccc1)S(=O)(=O)c1ccc(NCC(=O)c2ccc(F)cc2)cc1. The number of sulfonamides is 1. The van der Waals surface area contributed by atoms with Crippen molar-refractivity contribution in [3.8, 4) is 0 Å². The first kappa shape index (κ1) is 20.5. The number of para-hydroxylation sites is 1. The van der Waals surface area contributed by atoms with E-state index in [1.54, 1.807) is 43.3 Å². The van der Waals surface area contributed by atoms with E-state index in [0.717, 1.165) is 0 Å². The van der Waals surface area contributed by atoms with Crippen molar-refractivity contribution in [2.45, 2.75) is 11.8 Å². The minimum absolute atomic E-state index is 0.0167. The van der Waals surface area contributed by atoms with Crippen LogP contribution in [0.15, 0.2) is 83.8 Å². The molecule has 0 aliphatic rings. The second kappa shape index (κ2) is 8.87. The van der Waals surface area contributed by atoms with Gasteiger partial charge in [0.25, 0.3) is 10.0 Å². The van der Waals surface area contributed by atoms with E-state index < -0.39 is 15.8 Å². The Bertz CT molecular complexity index is 1070. The van der Waals surface area contributed by atoms with Crippen LogP contribution < -0.4 is 9.62 Å². The van der Waals surface area contributed by atoms with Crippen molar-refractivity contribution < 1.29 is 17.6 Å². The van der Waals surface area contributed by atoms with Crippen LogP contribution in [0.5, 0.6) is 0 Å². The molecule has 29 heavy (non-hydrogen) atoms. The standard InChI is InChI=1S/C22H21FN2O3S/c1-2-25(20-6-4-3-5-7-20)29(27,28)21-14-12-19(13-15-21)24-16-22(26)17-8-10-18(23)11-9-17/h3-15,24H,2,16H2,1H3. The number of carbonyl (C=O) groups excluding carboxylic acids is 1. The molecule has 0 saturated carbocycles. The zero-order chi connectivity index (χ0) is 20.9. The van der Waals surface area contributed by atoms with Crippen molar-refractivity contribution in [2.24, 2.45) is 0 Å². The van der Waals surface area contributed by atoms with Crippen molar-refractivity contribution in [1.29, 1.82) is 0 Å². The third kappa shape index (κ3) is 4.81. The number of benzene rings is 3. The maximum Gasteiger partial charge on any atom is 0.264 e. The van der Waals surface area contributed by atoms with Crippen LogP contribution in [0.4, 0.5) is 15.8 Å².